The summed E-state index contributed by atoms with van der Waals surface area (Å²) in [6.45, 7) is 0.377. The van der Waals surface area contributed by atoms with E-state index in [0.717, 1.165) is 0 Å². The van der Waals surface area contributed by atoms with Crippen molar-refractivity contribution in [3.63, 3.8) is 0 Å². The van der Waals surface area contributed by atoms with Crippen LogP contribution in [0.2, 0.25) is 0 Å². The van der Waals surface area contributed by atoms with Crippen molar-refractivity contribution in [1.29, 1.82) is 0 Å². The average Bonchev–Trinajstić information content (AvgIpc) is 2.45. The molecule has 0 heterocycles. The lowest BCUT2D eigenvalue weighted by Gasteiger charge is -2.06. The van der Waals surface area contributed by atoms with E-state index < -0.39 is 30.6 Å². The molecule has 1 aromatic rings. The molecule has 0 saturated carbocycles. The third-order valence-corrected chi connectivity index (χ3v) is 2.48. The molecule has 0 aromatic heterocycles. The summed E-state index contributed by atoms with van der Waals surface area (Å²) in [5.74, 6) is 0. The van der Waals surface area contributed by atoms with Crippen molar-refractivity contribution in [1.82, 2.24) is 0 Å². The third kappa shape index (κ3) is 15.9. The zero-order valence-electron chi connectivity index (χ0n) is 13.9. The highest BCUT2D eigenvalue weighted by Crippen LogP contribution is 2.30. The molecule has 28 heavy (non-hydrogen) atoms. The number of hydrogen-bond donors (Lipinski definition) is 6. The van der Waals surface area contributed by atoms with Gasteiger partial charge in [-0.3, -0.25) is 38.4 Å². The Balaban J connectivity index is 0. The first kappa shape index (κ1) is 27.9. The monoisotopic (exact) mass is 450 g/mol. The normalized spacial score (nSPS) is 10.8. The molecule has 0 spiro atoms. The number of benzene rings is 1. The Morgan fingerprint density at radius 2 is 1.07 bits per heavy atom. The smallest absolute Gasteiger partial charge is 0.330 e. The van der Waals surface area contributed by atoms with Gasteiger partial charge in [0, 0.05) is 12.1 Å². The average molecular weight is 450 g/mol. The molecule has 1 aromatic carbocycles. The molecule has 0 saturated heterocycles. The van der Waals surface area contributed by atoms with Gasteiger partial charge in [-0.1, -0.05) is 0 Å². The molecule has 16 nitrogen and oxygen atoms in total. The second-order valence-corrected chi connectivity index (χ2v) is 6.39. The van der Waals surface area contributed by atoms with Gasteiger partial charge in [-0.25, -0.2) is 0 Å². The molecular formula is C10H18N4O12S2. The zero-order valence-corrected chi connectivity index (χ0v) is 15.5. The Hall–Kier alpha value is -2.32. The lowest BCUT2D eigenvalue weighted by Crippen LogP contribution is -2.10. The van der Waals surface area contributed by atoms with E-state index in [1.165, 1.54) is 12.1 Å². The van der Waals surface area contributed by atoms with Gasteiger partial charge in [-0.15, -0.1) is 0 Å². The molecule has 0 aliphatic carbocycles. The van der Waals surface area contributed by atoms with Crippen LogP contribution in [0.15, 0.2) is 12.1 Å². The first-order valence-corrected chi connectivity index (χ1v) is 9.55. The summed E-state index contributed by atoms with van der Waals surface area (Å²) < 4.78 is 63.2. The molecule has 0 aliphatic heterocycles. The summed E-state index contributed by atoms with van der Waals surface area (Å²) in [4.78, 5) is 20.6. The predicted octanol–water partition coefficient (Wildman–Crippen LogP) is -0.800. The zero-order chi connectivity index (χ0) is 22.7. The molecule has 0 aliphatic rings. The maximum atomic E-state index is 10.9. The van der Waals surface area contributed by atoms with E-state index >= 15 is 0 Å². The number of hydrogen-bond acceptors (Lipinski definition) is 10. The van der Waals surface area contributed by atoms with Gasteiger partial charge in [-0.2, -0.15) is 16.8 Å². The quantitative estimate of drug-likeness (QED) is 0.176. The first-order chi connectivity index (χ1) is 12.5. The minimum atomic E-state index is -4.67. The topological polar surface area (TPSA) is 288 Å². The highest BCUT2D eigenvalue weighted by molar-refractivity contribution is 7.80. The lowest BCUT2D eigenvalue weighted by atomic mass is 10.0. The molecule has 0 unspecified atom stereocenters. The summed E-state index contributed by atoms with van der Waals surface area (Å²) >= 11 is 0. The Labute approximate surface area is 158 Å². The SMILES string of the molecule is NCCc1cc([N+](=O)[O-])c(CCN)c([N+](=O)[O-])c1.O=S(=O)(O)O.O=S(=O)(O)O. The van der Waals surface area contributed by atoms with Crippen LogP contribution in [-0.2, 0) is 33.6 Å². The van der Waals surface area contributed by atoms with Crippen molar-refractivity contribution < 1.29 is 44.9 Å². The van der Waals surface area contributed by atoms with Crippen molar-refractivity contribution in [3.05, 3.63) is 43.5 Å². The molecule has 0 radical (unpaired) electrons. The Morgan fingerprint density at radius 3 is 1.29 bits per heavy atom. The van der Waals surface area contributed by atoms with Crippen LogP contribution in [0.4, 0.5) is 11.4 Å². The Kier molecular flexibility index (Phi) is 12.2. The van der Waals surface area contributed by atoms with Gasteiger partial charge in [0.25, 0.3) is 11.4 Å². The van der Waals surface area contributed by atoms with Gasteiger partial charge >= 0.3 is 20.8 Å². The van der Waals surface area contributed by atoms with Crippen molar-refractivity contribution in [2.75, 3.05) is 13.1 Å². The van der Waals surface area contributed by atoms with Crippen LogP contribution in [0.1, 0.15) is 11.1 Å². The molecule has 18 heteroatoms. The van der Waals surface area contributed by atoms with Crippen LogP contribution in [0.5, 0.6) is 0 Å². The summed E-state index contributed by atoms with van der Waals surface area (Å²) in [6, 6.07) is 2.65. The Morgan fingerprint density at radius 1 is 0.786 bits per heavy atom. The van der Waals surface area contributed by atoms with Crippen molar-refractivity contribution in [3.8, 4) is 0 Å². The van der Waals surface area contributed by atoms with E-state index in [4.69, 9.17) is 46.5 Å². The Bertz CT molecular complexity index is 803. The van der Waals surface area contributed by atoms with Crippen LogP contribution < -0.4 is 11.5 Å². The lowest BCUT2D eigenvalue weighted by molar-refractivity contribution is -0.395. The second-order valence-electron chi connectivity index (χ2n) is 4.60. The highest BCUT2D eigenvalue weighted by Gasteiger charge is 2.25. The minimum absolute atomic E-state index is 0.0632. The fourth-order valence-corrected chi connectivity index (χ4v) is 1.74. The molecule has 8 N–H and O–H groups in total. The van der Waals surface area contributed by atoms with E-state index in [9.17, 15) is 20.2 Å². The largest absolute Gasteiger partial charge is 0.394 e. The van der Waals surface area contributed by atoms with Crippen LogP contribution in [0.3, 0.4) is 0 Å². The number of nitrogens with two attached hydrogens (primary N) is 2. The molecular weight excluding hydrogens is 432 g/mol. The van der Waals surface area contributed by atoms with Gasteiger partial charge in [-0.05, 0) is 31.5 Å². The maximum absolute atomic E-state index is 10.9. The minimum Gasteiger partial charge on any atom is -0.330 e. The van der Waals surface area contributed by atoms with Crippen LogP contribution >= 0.6 is 0 Å². The van der Waals surface area contributed by atoms with E-state index in [-0.39, 0.29) is 36.4 Å². The van der Waals surface area contributed by atoms with E-state index in [1.54, 1.807) is 0 Å². The van der Waals surface area contributed by atoms with Gasteiger partial charge in [0.2, 0.25) is 0 Å². The standard InChI is InChI=1S/C10H14N4O4.2H2O4S/c11-3-1-7-5-9(13(15)16)8(2-4-12)10(6-7)14(17)18;2*1-5(2,3)4/h5-6H,1-4,11-12H2;2*(H2,1,2,3,4). The van der Waals surface area contributed by atoms with Crippen LogP contribution in [-0.4, -0.2) is 58.0 Å². The fourth-order valence-electron chi connectivity index (χ4n) is 1.74. The van der Waals surface area contributed by atoms with E-state index in [0.29, 0.717) is 12.0 Å². The highest BCUT2D eigenvalue weighted by atomic mass is 32.3. The van der Waals surface area contributed by atoms with Crippen molar-refractivity contribution in [2.24, 2.45) is 11.5 Å². The molecule has 0 amide bonds. The maximum Gasteiger partial charge on any atom is 0.394 e. The van der Waals surface area contributed by atoms with Gasteiger partial charge in [0.05, 0.1) is 9.85 Å². The first-order valence-electron chi connectivity index (χ1n) is 6.75. The predicted molar refractivity (Wildman–Crippen MR) is 93.6 cm³/mol. The van der Waals surface area contributed by atoms with Gasteiger partial charge in [0.15, 0.2) is 0 Å². The number of nitro benzene ring substituents is 2. The molecule has 1 rings (SSSR count). The fraction of sp³-hybridized carbons (Fsp3) is 0.400. The van der Waals surface area contributed by atoms with E-state index in [2.05, 4.69) is 0 Å². The number of nitrogens with zero attached hydrogens (tertiary/aromatic N) is 2. The second kappa shape index (κ2) is 12.2. The van der Waals surface area contributed by atoms with Crippen molar-refractivity contribution >= 4 is 32.2 Å². The summed E-state index contributed by atoms with van der Waals surface area (Å²) in [6.07, 6.45) is 0.445. The van der Waals surface area contributed by atoms with Gasteiger partial charge in [0.1, 0.15) is 5.56 Å². The van der Waals surface area contributed by atoms with Crippen LogP contribution in [0.25, 0.3) is 0 Å². The summed E-state index contributed by atoms with van der Waals surface area (Å²) in [5, 5.41) is 21.9. The van der Waals surface area contributed by atoms with Gasteiger partial charge < -0.3 is 11.5 Å². The van der Waals surface area contributed by atoms with E-state index in [1.807, 2.05) is 0 Å². The molecule has 0 bridgehead atoms. The van der Waals surface area contributed by atoms with Crippen molar-refractivity contribution in [2.45, 2.75) is 12.8 Å². The summed E-state index contributed by atoms with van der Waals surface area (Å²) in [7, 11) is -9.33. The molecule has 162 valence electrons. The summed E-state index contributed by atoms with van der Waals surface area (Å²) in [5.41, 5.74) is 10.7. The number of rotatable bonds is 6. The third-order valence-electron chi connectivity index (χ3n) is 2.48. The number of nitro groups is 2. The molecule has 0 fully saturated rings. The van der Waals surface area contributed by atoms with Crippen LogP contribution in [0, 0.1) is 20.2 Å². The molecule has 0 atom stereocenters.